The SMILES string of the molecule is C=CC(C)(C#N)CC/C=C(\C)CCC=C(C)C. The molecule has 17 heavy (non-hydrogen) atoms. The molecule has 0 aliphatic carbocycles. The lowest BCUT2D eigenvalue weighted by Gasteiger charge is -2.14. The van der Waals surface area contributed by atoms with E-state index in [0.717, 1.165) is 25.7 Å². The van der Waals surface area contributed by atoms with E-state index in [9.17, 15) is 0 Å². The van der Waals surface area contributed by atoms with Crippen LogP contribution in [0.15, 0.2) is 36.0 Å². The molecule has 0 amide bonds. The second-order valence-corrected chi connectivity index (χ2v) is 5.14. The standard InChI is InChI=1S/C16H25N/c1-6-16(5,13-17)12-8-11-15(4)10-7-9-14(2)3/h6,9,11H,1,7-8,10,12H2,2-5H3/b15-11+. The summed E-state index contributed by atoms with van der Waals surface area (Å²) in [6.07, 6.45) is 10.3. The minimum Gasteiger partial charge on any atom is -0.197 e. The van der Waals surface area contributed by atoms with Gasteiger partial charge < -0.3 is 0 Å². The molecule has 0 bridgehead atoms. The van der Waals surface area contributed by atoms with Crippen molar-refractivity contribution in [2.45, 2.75) is 53.4 Å². The molecule has 0 aromatic heterocycles. The van der Waals surface area contributed by atoms with Crippen molar-refractivity contribution in [2.24, 2.45) is 5.41 Å². The molecule has 0 aliphatic heterocycles. The number of nitrogens with zero attached hydrogens (tertiary/aromatic N) is 1. The quantitative estimate of drug-likeness (QED) is 0.554. The van der Waals surface area contributed by atoms with Crippen LogP contribution in [0.3, 0.4) is 0 Å². The Kier molecular flexibility index (Phi) is 7.30. The smallest absolute Gasteiger partial charge is 0.0728 e. The van der Waals surface area contributed by atoms with Crippen LogP contribution in [0.1, 0.15) is 53.4 Å². The Labute approximate surface area is 107 Å². The predicted molar refractivity (Wildman–Crippen MR) is 75.6 cm³/mol. The molecule has 1 unspecified atom stereocenters. The molecule has 1 nitrogen and oxygen atoms in total. The van der Waals surface area contributed by atoms with E-state index in [4.69, 9.17) is 5.26 Å². The van der Waals surface area contributed by atoms with E-state index in [2.05, 4.69) is 45.6 Å². The lowest BCUT2D eigenvalue weighted by Crippen LogP contribution is -2.08. The molecular weight excluding hydrogens is 206 g/mol. The van der Waals surface area contributed by atoms with Gasteiger partial charge in [0.2, 0.25) is 0 Å². The van der Waals surface area contributed by atoms with Crippen LogP contribution in [0.2, 0.25) is 0 Å². The van der Waals surface area contributed by atoms with Gasteiger partial charge in [-0.2, -0.15) is 5.26 Å². The summed E-state index contributed by atoms with van der Waals surface area (Å²) in [5, 5.41) is 9.00. The Morgan fingerprint density at radius 3 is 2.35 bits per heavy atom. The van der Waals surface area contributed by atoms with Gasteiger partial charge in [0.1, 0.15) is 0 Å². The number of hydrogen-bond acceptors (Lipinski definition) is 1. The third-order valence-corrected chi connectivity index (χ3v) is 2.95. The van der Waals surface area contributed by atoms with Gasteiger partial charge in [0.15, 0.2) is 0 Å². The molecular formula is C16H25N. The topological polar surface area (TPSA) is 23.8 Å². The normalized spacial score (nSPS) is 14.6. The van der Waals surface area contributed by atoms with Crippen LogP contribution in [0.5, 0.6) is 0 Å². The summed E-state index contributed by atoms with van der Waals surface area (Å²) in [6, 6.07) is 2.30. The lowest BCUT2D eigenvalue weighted by atomic mass is 9.87. The van der Waals surface area contributed by atoms with Crippen LogP contribution < -0.4 is 0 Å². The molecule has 0 heterocycles. The summed E-state index contributed by atoms with van der Waals surface area (Å²) in [6.45, 7) is 12.1. The molecule has 1 heteroatoms. The average Bonchev–Trinajstić information content (AvgIpc) is 2.28. The number of nitriles is 1. The van der Waals surface area contributed by atoms with E-state index < -0.39 is 0 Å². The Morgan fingerprint density at radius 1 is 1.24 bits per heavy atom. The van der Waals surface area contributed by atoms with Crippen molar-refractivity contribution >= 4 is 0 Å². The zero-order valence-corrected chi connectivity index (χ0v) is 11.7. The lowest BCUT2D eigenvalue weighted by molar-refractivity contribution is 0.520. The van der Waals surface area contributed by atoms with Crippen LogP contribution in [0.25, 0.3) is 0 Å². The predicted octanol–water partition coefficient (Wildman–Crippen LogP) is 5.18. The van der Waals surface area contributed by atoms with Gasteiger partial charge >= 0.3 is 0 Å². The zero-order chi connectivity index (χ0) is 13.3. The summed E-state index contributed by atoms with van der Waals surface area (Å²) >= 11 is 0. The van der Waals surface area contributed by atoms with Crippen molar-refractivity contribution in [3.8, 4) is 6.07 Å². The van der Waals surface area contributed by atoms with Crippen LogP contribution in [0.4, 0.5) is 0 Å². The van der Waals surface area contributed by atoms with Crippen LogP contribution in [-0.2, 0) is 0 Å². The molecule has 0 aromatic rings. The van der Waals surface area contributed by atoms with E-state index in [1.54, 1.807) is 6.08 Å². The summed E-state index contributed by atoms with van der Waals surface area (Å²) in [4.78, 5) is 0. The largest absolute Gasteiger partial charge is 0.197 e. The molecule has 0 rings (SSSR count). The Hall–Kier alpha value is -1.29. The second kappa shape index (κ2) is 7.90. The van der Waals surface area contributed by atoms with Crippen LogP contribution >= 0.6 is 0 Å². The summed E-state index contributed by atoms with van der Waals surface area (Å²) in [5.74, 6) is 0. The molecule has 0 N–H and O–H groups in total. The molecule has 0 aliphatic rings. The van der Waals surface area contributed by atoms with Gasteiger partial charge in [-0.1, -0.05) is 29.4 Å². The highest BCUT2D eigenvalue weighted by Gasteiger charge is 2.17. The van der Waals surface area contributed by atoms with Crippen LogP contribution in [-0.4, -0.2) is 0 Å². The Morgan fingerprint density at radius 2 is 1.88 bits per heavy atom. The first kappa shape index (κ1) is 15.7. The van der Waals surface area contributed by atoms with Crippen molar-refractivity contribution in [2.75, 3.05) is 0 Å². The molecule has 0 radical (unpaired) electrons. The van der Waals surface area contributed by atoms with Gasteiger partial charge in [-0.3, -0.25) is 0 Å². The van der Waals surface area contributed by atoms with E-state index in [1.807, 2.05) is 6.92 Å². The molecule has 0 aromatic carbocycles. The highest BCUT2D eigenvalue weighted by atomic mass is 14.3. The average molecular weight is 231 g/mol. The monoisotopic (exact) mass is 231 g/mol. The molecule has 0 saturated carbocycles. The fourth-order valence-corrected chi connectivity index (χ4v) is 1.51. The van der Waals surface area contributed by atoms with Gasteiger partial charge in [-0.05, 0) is 53.4 Å². The van der Waals surface area contributed by atoms with Crippen molar-refractivity contribution in [1.29, 1.82) is 5.26 Å². The van der Waals surface area contributed by atoms with Gasteiger partial charge in [0.25, 0.3) is 0 Å². The van der Waals surface area contributed by atoms with Gasteiger partial charge in [0.05, 0.1) is 11.5 Å². The first-order valence-corrected chi connectivity index (χ1v) is 6.27. The maximum atomic E-state index is 9.00. The summed E-state index contributed by atoms with van der Waals surface area (Å²) < 4.78 is 0. The fraction of sp³-hybridized carbons (Fsp3) is 0.562. The third-order valence-electron chi connectivity index (χ3n) is 2.95. The maximum absolute atomic E-state index is 9.00. The molecule has 94 valence electrons. The third kappa shape index (κ3) is 7.58. The summed E-state index contributed by atoms with van der Waals surface area (Å²) in [5.41, 5.74) is 2.41. The molecule has 1 atom stereocenters. The summed E-state index contributed by atoms with van der Waals surface area (Å²) in [7, 11) is 0. The van der Waals surface area contributed by atoms with E-state index in [0.29, 0.717) is 0 Å². The first-order valence-electron chi connectivity index (χ1n) is 6.27. The number of hydrogen-bond donors (Lipinski definition) is 0. The number of rotatable bonds is 7. The number of allylic oxidation sites excluding steroid dienone is 5. The van der Waals surface area contributed by atoms with Gasteiger partial charge in [-0.15, -0.1) is 6.58 Å². The minimum atomic E-state index is -0.378. The molecule has 0 saturated heterocycles. The Bertz CT molecular complexity index is 337. The highest BCUT2D eigenvalue weighted by Crippen LogP contribution is 2.24. The Balaban J connectivity index is 4.05. The molecule has 0 fully saturated rings. The van der Waals surface area contributed by atoms with Crippen molar-refractivity contribution in [3.63, 3.8) is 0 Å². The van der Waals surface area contributed by atoms with E-state index in [-0.39, 0.29) is 5.41 Å². The highest BCUT2D eigenvalue weighted by molar-refractivity contribution is 5.09. The fourth-order valence-electron chi connectivity index (χ4n) is 1.51. The van der Waals surface area contributed by atoms with Crippen molar-refractivity contribution < 1.29 is 0 Å². The van der Waals surface area contributed by atoms with Crippen molar-refractivity contribution in [3.05, 3.63) is 36.0 Å². The van der Waals surface area contributed by atoms with Gasteiger partial charge in [-0.25, -0.2) is 0 Å². The van der Waals surface area contributed by atoms with Crippen LogP contribution in [0, 0.1) is 16.7 Å². The van der Waals surface area contributed by atoms with Crippen molar-refractivity contribution in [1.82, 2.24) is 0 Å². The maximum Gasteiger partial charge on any atom is 0.0728 e. The zero-order valence-electron chi connectivity index (χ0n) is 11.7. The van der Waals surface area contributed by atoms with E-state index >= 15 is 0 Å². The minimum absolute atomic E-state index is 0.378. The molecule has 0 spiro atoms. The second-order valence-electron chi connectivity index (χ2n) is 5.14. The first-order chi connectivity index (χ1) is 7.93. The van der Waals surface area contributed by atoms with E-state index in [1.165, 1.54) is 11.1 Å². The van der Waals surface area contributed by atoms with Gasteiger partial charge in [0, 0.05) is 0 Å².